The molecular formula is C15H16F3N3O3. The topological polar surface area (TPSA) is 73.7 Å². The highest BCUT2D eigenvalue weighted by Gasteiger charge is 2.49. The number of carbonyl (C=O) groups excluding carboxylic acids is 1. The first-order valence-corrected chi connectivity index (χ1v) is 7.52. The van der Waals surface area contributed by atoms with Gasteiger partial charge in [0.05, 0.1) is 5.69 Å². The number of hydrogen-bond acceptors (Lipinski definition) is 3. The number of anilines is 1. The van der Waals surface area contributed by atoms with Crippen LogP contribution in [-0.2, 0) is 11.0 Å². The molecule has 0 bridgehead atoms. The number of amides is 2. The van der Waals surface area contributed by atoms with Crippen LogP contribution in [0.15, 0.2) is 18.3 Å². The summed E-state index contributed by atoms with van der Waals surface area (Å²) in [5.41, 5.74) is -1.99. The zero-order chi connectivity index (χ0) is 17.5. The molecule has 2 aliphatic rings. The fourth-order valence-corrected chi connectivity index (χ4v) is 3.59. The Morgan fingerprint density at radius 2 is 2.08 bits per heavy atom. The lowest BCUT2D eigenvalue weighted by molar-refractivity contribution is -0.140. The van der Waals surface area contributed by atoms with Gasteiger partial charge in [-0.05, 0) is 25.0 Å². The highest BCUT2D eigenvalue weighted by Crippen LogP contribution is 2.44. The average molecular weight is 343 g/mol. The van der Waals surface area contributed by atoms with Gasteiger partial charge in [0.1, 0.15) is 0 Å². The Morgan fingerprint density at radius 3 is 2.75 bits per heavy atom. The first kappa shape index (κ1) is 16.5. The number of pyridine rings is 1. The second-order valence-electron chi connectivity index (χ2n) is 6.33. The number of alkyl halides is 3. The van der Waals surface area contributed by atoms with Gasteiger partial charge in [-0.15, -0.1) is 0 Å². The summed E-state index contributed by atoms with van der Waals surface area (Å²) in [7, 11) is 0. The third-order valence-corrected chi connectivity index (χ3v) is 4.60. The third-order valence-electron chi connectivity index (χ3n) is 4.60. The van der Waals surface area contributed by atoms with Crippen LogP contribution in [-0.4, -0.2) is 46.6 Å². The van der Waals surface area contributed by atoms with Crippen LogP contribution >= 0.6 is 0 Å². The van der Waals surface area contributed by atoms with E-state index in [1.807, 2.05) is 0 Å². The van der Waals surface area contributed by atoms with Crippen LogP contribution in [0.25, 0.3) is 0 Å². The monoisotopic (exact) mass is 343 g/mol. The zero-order valence-electron chi connectivity index (χ0n) is 12.7. The minimum Gasteiger partial charge on any atom is -0.465 e. The van der Waals surface area contributed by atoms with E-state index in [-0.39, 0.29) is 25.2 Å². The van der Waals surface area contributed by atoms with Crippen molar-refractivity contribution in [2.75, 3.05) is 24.5 Å². The van der Waals surface area contributed by atoms with E-state index in [4.69, 9.17) is 5.11 Å². The van der Waals surface area contributed by atoms with Crippen LogP contribution in [0.1, 0.15) is 25.0 Å². The van der Waals surface area contributed by atoms with Gasteiger partial charge >= 0.3 is 12.3 Å². The van der Waals surface area contributed by atoms with Crippen molar-refractivity contribution in [3.63, 3.8) is 0 Å². The summed E-state index contributed by atoms with van der Waals surface area (Å²) in [6.45, 7) is 0.614. The highest BCUT2D eigenvalue weighted by atomic mass is 19.4. The van der Waals surface area contributed by atoms with Gasteiger partial charge in [0, 0.05) is 37.7 Å². The van der Waals surface area contributed by atoms with E-state index < -0.39 is 29.3 Å². The molecule has 1 spiro atoms. The lowest BCUT2D eigenvalue weighted by atomic mass is 9.79. The largest absolute Gasteiger partial charge is 0.465 e. The van der Waals surface area contributed by atoms with Crippen LogP contribution in [0.3, 0.4) is 0 Å². The first-order valence-electron chi connectivity index (χ1n) is 7.52. The number of halogens is 3. The molecule has 6 nitrogen and oxygen atoms in total. The highest BCUT2D eigenvalue weighted by molar-refractivity contribution is 5.97. The predicted molar refractivity (Wildman–Crippen MR) is 77.5 cm³/mol. The SMILES string of the molecule is O=C(O)N1CCCC2(CC(=O)N(c3cccnc3C(F)(F)F)C2)C1. The summed E-state index contributed by atoms with van der Waals surface area (Å²) in [6, 6.07) is 2.58. The van der Waals surface area contributed by atoms with E-state index in [0.29, 0.717) is 19.4 Å². The fourth-order valence-electron chi connectivity index (χ4n) is 3.59. The summed E-state index contributed by atoms with van der Waals surface area (Å²) in [6.07, 6.45) is -3.45. The number of nitrogens with zero attached hydrogens (tertiary/aromatic N) is 3. The molecule has 130 valence electrons. The van der Waals surface area contributed by atoms with E-state index in [2.05, 4.69) is 4.98 Å². The minimum absolute atomic E-state index is 0.0446. The molecule has 1 N–H and O–H groups in total. The quantitative estimate of drug-likeness (QED) is 0.851. The van der Waals surface area contributed by atoms with Crippen LogP contribution in [0.2, 0.25) is 0 Å². The number of likely N-dealkylation sites (tertiary alicyclic amines) is 1. The Balaban J connectivity index is 1.90. The summed E-state index contributed by atoms with van der Waals surface area (Å²) >= 11 is 0. The number of carbonyl (C=O) groups is 2. The third kappa shape index (κ3) is 2.90. The van der Waals surface area contributed by atoms with E-state index in [1.165, 1.54) is 17.0 Å². The number of aromatic nitrogens is 1. The Labute approximate surface area is 135 Å². The van der Waals surface area contributed by atoms with Crippen molar-refractivity contribution in [3.05, 3.63) is 24.0 Å². The van der Waals surface area contributed by atoms with Crippen molar-refractivity contribution in [2.24, 2.45) is 5.41 Å². The van der Waals surface area contributed by atoms with Crippen molar-refractivity contribution in [1.82, 2.24) is 9.88 Å². The second-order valence-corrected chi connectivity index (χ2v) is 6.33. The van der Waals surface area contributed by atoms with E-state index in [9.17, 15) is 22.8 Å². The molecule has 0 radical (unpaired) electrons. The van der Waals surface area contributed by atoms with Gasteiger partial charge in [0.25, 0.3) is 0 Å². The van der Waals surface area contributed by atoms with Crippen LogP contribution in [0, 0.1) is 5.41 Å². The van der Waals surface area contributed by atoms with Gasteiger partial charge in [0.2, 0.25) is 5.91 Å². The summed E-state index contributed by atoms with van der Waals surface area (Å²) in [5, 5.41) is 9.15. The Hall–Kier alpha value is -2.32. The molecule has 0 saturated carbocycles. The molecule has 2 aliphatic heterocycles. The Bertz CT molecular complexity index is 679. The molecule has 0 aromatic carbocycles. The lowest BCUT2D eigenvalue weighted by Gasteiger charge is -2.38. The number of hydrogen-bond donors (Lipinski definition) is 1. The molecule has 3 heterocycles. The molecule has 2 fully saturated rings. The Morgan fingerprint density at radius 1 is 1.33 bits per heavy atom. The lowest BCUT2D eigenvalue weighted by Crippen LogP contribution is -2.47. The number of carboxylic acid groups (broad SMARTS) is 1. The average Bonchev–Trinajstić information content (AvgIpc) is 2.82. The molecular weight excluding hydrogens is 327 g/mol. The van der Waals surface area contributed by atoms with Crippen molar-refractivity contribution >= 4 is 17.7 Å². The first-order chi connectivity index (χ1) is 11.2. The Kier molecular flexibility index (Phi) is 3.89. The van der Waals surface area contributed by atoms with E-state index >= 15 is 0 Å². The zero-order valence-corrected chi connectivity index (χ0v) is 12.7. The predicted octanol–water partition coefficient (Wildman–Crippen LogP) is 2.60. The number of piperidine rings is 1. The van der Waals surface area contributed by atoms with Crippen molar-refractivity contribution in [3.8, 4) is 0 Å². The molecule has 9 heteroatoms. The van der Waals surface area contributed by atoms with Gasteiger partial charge in [0.15, 0.2) is 5.69 Å². The molecule has 3 rings (SSSR count). The van der Waals surface area contributed by atoms with Gasteiger partial charge in [-0.25, -0.2) is 9.78 Å². The number of rotatable bonds is 1. The molecule has 1 aromatic heterocycles. The van der Waals surface area contributed by atoms with E-state index in [0.717, 1.165) is 11.1 Å². The van der Waals surface area contributed by atoms with Crippen LogP contribution in [0.4, 0.5) is 23.7 Å². The molecule has 1 atom stereocenters. The van der Waals surface area contributed by atoms with Crippen molar-refractivity contribution in [2.45, 2.75) is 25.4 Å². The van der Waals surface area contributed by atoms with Crippen molar-refractivity contribution in [1.29, 1.82) is 0 Å². The molecule has 24 heavy (non-hydrogen) atoms. The molecule has 2 amide bonds. The van der Waals surface area contributed by atoms with Gasteiger partial charge in [-0.1, -0.05) is 0 Å². The van der Waals surface area contributed by atoms with Crippen LogP contribution in [0.5, 0.6) is 0 Å². The maximum absolute atomic E-state index is 13.1. The molecule has 2 saturated heterocycles. The van der Waals surface area contributed by atoms with Gasteiger partial charge in [-0.2, -0.15) is 13.2 Å². The fraction of sp³-hybridized carbons (Fsp3) is 0.533. The smallest absolute Gasteiger partial charge is 0.435 e. The van der Waals surface area contributed by atoms with Crippen LogP contribution < -0.4 is 4.90 Å². The van der Waals surface area contributed by atoms with Gasteiger partial charge in [-0.3, -0.25) is 4.79 Å². The van der Waals surface area contributed by atoms with Gasteiger partial charge < -0.3 is 14.9 Å². The van der Waals surface area contributed by atoms with E-state index in [1.54, 1.807) is 0 Å². The maximum Gasteiger partial charge on any atom is 0.435 e. The van der Waals surface area contributed by atoms with Crippen molar-refractivity contribution < 1.29 is 27.9 Å². The summed E-state index contributed by atoms with van der Waals surface area (Å²) < 4.78 is 39.4. The maximum atomic E-state index is 13.1. The normalized spacial score (nSPS) is 24.7. The molecule has 1 aromatic rings. The summed E-state index contributed by atoms with van der Waals surface area (Å²) in [5.74, 6) is -0.430. The molecule has 1 unspecified atom stereocenters. The molecule has 0 aliphatic carbocycles. The summed E-state index contributed by atoms with van der Waals surface area (Å²) in [4.78, 5) is 29.3. The second kappa shape index (κ2) is 5.64. The minimum atomic E-state index is -4.66. The standard InChI is InChI=1S/C15H16F3N3O3/c16-15(17,18)12-10(3-1-5-19-12)21-9-14(7-11(21)22)4-2-6-20(8-14)13(23)24/h1,3,5H,2,4,6-9H2,(H,23,24).